The minimum absolute atomic E-state index is 0.385. The van der Waals surface area contributed by atoms with Crippen LogP contribution in [0.3, 0.4) is 0 Å². The molecule has 0 aromatic heterocycles. The third-order valence-corrected chi connectivity index (χ3v) is 5.16. The van der Waals surface area contributed by atoms with E-state index in [4.69, 9.17) is 9.47 Å². The van der Waals surface area contributed by atoms with E-state index in [1.54, 1.807) is 0 Å². The molecule has 0 saturated heterocycles. The Morgan fingerprint density at radius 3 is 1.38 bits per heavy atom. The lowest BCUT2D eigenvalue weighted by molar-refractivity contribution is -0.164. The molecule has 0 saturated carbocycles. The quantitative estimate of drug-likeness (QED) is 0.250. The maximum atomic E-state index is 12.4. The van der Waals surface area contributed by atoms with Crippen LogP contribution in [0.1, 0.15) is 98.8 Å². The van der Waals surface area contributed by atoms with Crippen molar-refractivity contribution in [3.63, 3.8) is 0 Å². The van der Waals surface area contributed by atoms with Gasteiger partial charge in [0.15, 0.2) is 5.92 Å². The van der Waals surface area contributed by atoms with Crippen LogP contribution < -0.4 is 0 Å². The summed E-state index contributed by atoms with van der Waals surface area (Å²) < 4.78 is 11.0. The number of unbranched alkanes of at least 4 members (excludes halogenated alkanes) is 2. The number of carbonyl (C=O) groups is 2. The van der Waals surface area contributed by atoms with Crippen LogP contribution in [0.25, 0.3) is 0 Å². The Morgan fingerprint density at radius 2 is 1.08 bits per heavy atom. The molecule has 2 unspecified atom stereocenters. The number of rotatable bonds is 16. The summed E-state index contributed by atoms with van der Waals surface area (Å²) in [6.07, 6.45) is 9.95. The zero-order valence-corrected chi connectivity index (χ0v) is 17.9. The lowest BCUT2D eigenvalue weighted by Gasteiger charge is -2.20. The molecule has 0 aromatic rings. The van der Waals surface area contributed by atoms with Gasteiger partial charge in [0, 0.05) is 0 Å². The number of ether oxygens (including phenoxy) is 2. The Bertz CT molecular complexity index is 335. The van der Waals surface area contributed by atoms with Crippen LogP contribution in [0, 0.1) is 17.8 Å². The third-order valence-electron chi connectivity index (χ3n) is 5.16. The molecule has 0 aliphatic rings. The molecule has 0 aliphatic carbocycles. The van der Waals surface area contributed by atoms with Crippen LogP contribution in [0.4, 0.5) is 0 Å². The maximum Gasteiger partial charge on any atom is 0.320 e. The van der Waals surface area contributed by atoms with E-state index < -0.39 is 17.9 Å². The second-order valence-corrected chi connectivity index (χ2v) is 7.43. The second kappa shape index (κ2) is 16.1. The van der Waals surface area contributed by atoms with Gasteiger partial charge in [-0.15, -0.1) is 0 Å². The SMILES string of the molecule is CCCCC(CC)COC(=O)C(CCC)C(=O)OCC(CC)CCCC. The lowest BCUT2D eigenvalue weighted by atomic mass is 9.99. The van der Waals surface area contributed by atoms with Gasteiger partial charge in [0.25, 0.3) is 0 Å². The zero-order valence-electron chi connectivity index (χ0n) is 17.9. The van der Waals surface area contributed by atoms with E-state index in [9.17, 15) is 9.59 Å². The normalized spacial score (nSPS) is 14.5. The highest BCUT2D eigenvalue weighted by molar-refractivity contribution is 5.94. The van der Waals surface area contributed by atoms with Crippen molar-refractivity contribution in [2.45, 2.75) is 98.8 Å². The van der Waals surface area contributed by atoms with Crippen LogP contribution in [-0.4, -0.2) is 25.2 Å². The Morgan fingerprint density at radius 1 is 0.654 bits per heavy atom. The van der Waals surface area contributed by atoms with E-state index in [0.29, 0.717) is 31.5 Å². The Kier molecular flexibility index (Phi) is 15.5. The Balaban J connectivity index is 4.53. The summed E-state index contributed by atoms with van der Waals surface area (Å²) in [6, 6.07) is 0. The average Bonchev–Trinajstić information content (AvgIpc) is 2.65. The van der Waals surface area contributed by atoms with Crippen molar-refractivity contribution < 1.29 is 19.1 Å². The molecule has 0 radical (unpaired) electrons. The van der Waals surface area contributed by atoms with Crippen LogP contribution in [-0.2, 0) is 19.1 Å². The molecule has 0 amide bonds. The van der Waals surface area contributed by atoms with Gasteiger partial charge in [-0.05, 0) is 31.1 Å². The standard InChI is InChI=1S/C22H42O4/c1-6-11-14-18(9-4)16-25-21(23)20(13-8-3)22(24)26-17-19(10-5)15-12-7-2/h18-20H,6-17H2,1-5H3. The van der Waals surface area contributed by atoms with Crippen LogP contribution in [0.2, 0.25) is 0 Å². The first-order chi connectivity index (χ1) is 12.5. The molecule has 2 atom stereocenters. The molecular formula is C22H42O4. The van der Waals surface area contributed by atoms with E-state index >= 15 is 0 Å². The van der Waals surface area contributed by atoms with Crippen molar-refractivity contribution >= 4 is 11.9 Å². The highest BCUT2D eigenvalue weighted by atomic mass is 16.6. The summed E-state index contributed by atoms with van der Waals surface area (Å²) in [5.74, 6) is -0.819. The van der Waals surface area contributed by atoms with Gasteiger partial charge in [-0.2, -0.15) is 0 Å². The summed E-state index contributed by atoms with van der Waals surface area (Å²) in [7, 11) is 0. The molecule has 4 heteroatoms. The van der Waals surface area contributed by atoms with Crippen LogP contribution in [0.15, 0.2) is 0 Å². The van der Waals surface area contributed by atoms with Gasteiger partial charge in [0.05, 0.1) is 13.2 Å². The first-order valence-corrected chi connectivity index (χ1v) is 10.9. The summed E-state index contributed by atoms with van der Waals surface area (Å²) in [5.41, 5.74) is 0. The molecule has 0 aliphatic heterocycles. The number of carbonyl (C=O) groups excluding carboxylic acids is 2. The summed E-state index contributed by atoms with van der Waals surface area (Å²) in [6.45, 7) is 11.4. The molecule has 0 heterocycles. The molecule has 0 fully saturated rings. The molecule has 0 aromatic carbocycles. The van der Waals surface area contributed by atoms with Gasteiger partial charge in [0.2, 0.25) is 0 Å². The minimum atomic E-state index is -0.771. The van der Waals surface area contributed by atoms with Gasteiger partial charge >= 0.3 is 11.9 Å². The summed E-state index contributed by atoms with van der Waals surface area (Å²) in [4.78, 5) is 24.9. The summed E-state index contributed by atoms with van der Waals surface area (Å²) >= 11 is 0. The van der Waals surface area contributed by atoms with Gasteiger partial charge in [-0.3, -0.25) is 9.59 Å². The van der Waals surface area contributed by atoms with E-state index in [0.717, 1.165) is 57.8 Å². The minimum Gasteiger partial charge on any atom is -0.465 e. The van der Waals surface area contributed by atoms with Crippen molar-refractivity contribution in [3.05, 3.63) is 0 Å². The van der Waals surface area contributed by atoms with E-state index in [-0.39, 0.29) is 0 Å². The monoisotopic (exact) mass is 370 g/mol. The largest absolute Gasteiger partial charge is 0.465 e. The predicted octanol–water partition coefficient (Wildman–Crippen LogP) is 5.92. The average molecular weight is 371 g/mol. The highest BCUT2D eigenvalue weighted by Gasteiger charge is 2.30. The Hall–Kier alpha value is -1.06. The van der Waals surface area contributed by atoms with E-state index in [1.807, 2.05) is 6.92 Å². The van der Waals surface area contributed by atoms with Gasteiger partial charge in [-0.25, -0.2) is 0 Å². The molecule has 0 N–H and O–H groups in total. The predicted molar refractivity (Wildman–Crippen MR) is 107 cm³/mol. The smallest absolute Gasteiger partial charge is 0.320 e. The van der Waals surface area contributed by atoms with Crippen LogP contribution in [0.5, 0.6) is 0 Å². The number of hydrogen-bond acceptors (Lipinski definition) is 4. The molecular weight excluding hydrogens is 328 g/mol. The van der Waals surface area contributed by atoms with Crippen molar-refractivity contribution in [1.82, 2.24) is 0 Å². The second-order valence-electron chi connectivity index (χ2n) is 7.43. The molecule has 154 valence electrons. The number of esters is 2. The van der Waals surface area contributed by atoms with Gasteiger partial charge < -0.3 is 9.47 Å². The van der Waals surface area contributed by atoms with Crippen molar-refractivity contribution in [2.24, 2.45) is 17.8 Å². The fourth-order valence-corrected chi connectivity index (χ4v) is 3.02. The number of hydrogen-bond donors (Lipinski definition) is 0. The summed E-state index contributed by atoms with van der Waals surface area (Å²) in [5, 5.41) is 0. The highest BCUT2D eigenvalue weighted by Crippen LogP contribution is 2.18. The first kappa shape index (κ1) is 24.9. The van der Waals surface area contributed by atoms with Gasteiger partial charge in [0.1, 0.15) is 0 Å². The topological polar surface area (TPSA) is 52.6 Å². The van der Waals surface area contributed by atoms with Gasteiger partial charge in [-0.1, -0.05) is 79.6 Å². The van der Waals surface area contributed by atoms with E-state index in [1.165, 1.54) is 0 Å². The van der Waals surface area contributed by atoms with Crippen molar-refractivity contribution in [3.8, 4) is 0 Å². The first-order valence-electron chi connectivity index (χ1n) is 10.9. The third kappa shape index (κ3) is 10.8. The zero-order chi connectivity index (χ0) is 19.8. The fourth-order valence-electron chi connectivity index (χ4n) is 3.02. The molecule has 0 bridgehead atoms. The lowest BCUT2D eigenvalue weighted by Crippen LogP contribution is -2.30. The fraction of sp³-hybridized carbons (Fsp3) is 0.909. The van der Waals surface area contributed by atoms with Crippen molar-refractivity contribution in [2.75, 3.05) is 13.2 Å². The molecule has 0 rings (SSSR count). The van der Waals surface area contributed by atoms with Crippen LogP contribution >= 0.6 is 0 Å². The maximum absolute atomic E-state index is 12.4. The van der Waals surface area contributed by atoms with E-state index in [2.05, 4.69) is 27.7 Å². The molecule has 26 heavy (non-hydrogen) atoms. The molecule has 4 nitrogen and oxygen atoms in total. The van der Waals surface area contributed by atoms with Crippen molar-refractivity contribution in [1.29, 1.82) is 0 Å². The molecule has 0 spiro atoms. The Labute approximate surface area is 161 Å².